The van der Waals surface area contributed by atoms with E-state index < -0.39 is 0 Å². The first-order valence-electron chi connectivity index (χ1n) is 25.6. The van der Waals surface area contributed by atoms with Gasteiger partial charge < -0.3 is 19.1 Å². The van der Waals surface area contributed by atoms with Gasteiger partial charge in [0.25, 0.3) is 0 Å². The van der Waals surface area contributed by atoms with Gasteiger partial charge in [-0.1, -0.05) is 169 Å². The van der Waals surface area contributed by atoms with E-state index in [1.54, 1.807) is 0 Å². The minimum Gasteiger partial charge on any atom is -0.466 e. The summed E-state index contributed by atoms with van der Waals surface area (Å²) in [6.45, 7) is 15.8. The maximum absolute atomic E-state index is 12.5. The Bertz CT molecular complexity index is 785. The number of carbonyl (C=O) groups is 2. The highest BCUT2D eigenvalue weighted by atomic mass is 16.5. The van der Waals surface area contributed by atoms with Crippen molar-refractivity contribution in [3.8, 4) is 0 Å². The third-order valence-electron chi connectivity index (χ3n) is 12.6. The van der Waals surface area contributed by atoms with Gasteiger partial charge in [-0.2, -0.15) is 0 Å². The number of hydrogen-bond acceptors (Lipinski definition) is 6. The Kier molecular flexibility index (Phi) is 39.3. The summed E-state index contributed by atoms with van der Waals surface area (Å²) in [5.41, 5.74) is 0. The third kappa shape index (κ3) is 35.3. The molecule has 0 bridgehead atoms. The predicted octanol–water partition coefficient (Wildman–Crippen LogP) is 15.0. The number of ether oxygens (including phenoxy) is 3. The molecule has 1 aliphatic heterocycles. The average Bonchev–Trinajstić information content (AvgIpc) is 3.73. The van der Waals surface area contributed by atoms with Crippen LogP contribution >= 0.6 is 0 Å². The molecule has 57 heavy (non-hydrogen) atoms. The molecule has 1 fully saturated rings. The standard InChI is InChI=1S/C51H99NO5/c1-5-9-21-32-47(33-22-10-6-2)44-50(53)56-42-29-19-15-13-17-25-36-49(46-55-41-31-40-52-38-27-28-39-52)37-26-18-14-16-20-30-43-57-51(54)45-48(34-23-11-7-3)35-24-12-8-4/h47-49H,5-46H2,1-4H3. The molecule has 0 aliphatic carbocycles. The van der Waals surface area contributed by atoms with E-state index in [4.69, 9.17) is 14.2 Å². The second-order valence-electron chi connectivity index (χ2n) is 18.2. The van der Waals surface area contributed by atoms with Crippen LogP contribution in [0.25, 0.3) is 0 Å². The van der Waals surface area contributed by atoms with Crippen molar-refractivity contribution in [1.82, 2.24) is 4.90 Å². The summed E-state index contributed by atoms with van der Waals surface area (Å²) in [6.07, 6.45) is 42.0. The fourth-order valence-electron chi connectivity index (χ4n) is 8.83. The number of hydrogen-bond donors (Lipinski definition) is 0. The van der Waals surface area contributed by atoms with Gasteiger partial charge in [-0.3, -0.25) is 9.59 Å². The summed E-state index contributed by atoms with van der Waals surface area (Å²) >= 11 is 0. The van der Waals surface area contributed by atoms with Crippen LogP contribution in [0.1, 0.15) is 252 Å². The molecule has 0 saturated carbocycles. The zero-order valence-electron chi connectivity index (χ0n) is 38.9. The normalized spacial score (nSPS) is 13.5. The molecular formula is C51H99NO5. The molecule has 0 N–H and O–H groups in total. The Morgan fingerprint density at radius 3 is 1.18 bits per heavy atom. The van der Waals surface area contributed by atoms with E-state index in [1.807, 2.05) is 0 Å². The lowest BCUT2D eigenvalue weighted by molar-refractivity contribution is -0.146. The lowest BCUT2D eigenvalue weighted by Gasteiger charge is -2.18. The van der Waals surface area contributed by atoms with Gasteiger partial charge in [0.1, 0.15) is 0 Å². The number of rotatable bonds is 44. The second-order valence-corrected chi connectivity index (χ2v) is 18.2. The van der Waals surface area contributed by atoms with Crippen molar-refractivity contribution in [3.05, 3.63) is 0 Å². The smallest absolute Gasteiger partial charge is 0.306 e. The van der Waals surface area contributed by atoms with E-state index >= 15 is 0 Å². The molecule has 1 saturated heterocycles. The zero-order valence-corrected chi connectivity index (χ0v) is 38.9. The van der Waals surface area contributed by atoms with Gasteiger partial charge in [-0.15, -0.1) is 0 Å². The number of likely N-dealkylation sites (tertiary alicyclic amines) is 1. The van der Waals surface area contributed by atoms with E-state index in [0.29, 0.717) is 43.8 Å². The highest BCUT2D eigenvalue weighted by Crippen LogP contribution is 2.24. The predicted molar refractivity (Wildman–Crippen MR) is 244 cm³/mol. The summed E-state index contributed by atoms with van der Waals surface area (Å²) in [7, 11) is 0. The highest BCUT2D eigenvalue weighted by Gasteiger charge is 2.17. The fraction of sp³-hybridized carbons (Fsp3) is 0.961. The molecule has 1 heterocycles. The van der Waals surface area contributed by atoms with Crippen LogP contribution in [0.5, 0.6) is 0 Å². The molecule has 0 amide bonds. The molecule has 0 unspecified atom stereocenters. The van der Waals surface area contributed by atoms with Crippen LogP contribution in [0, 0.1) is 17.8 Å². The van der Waals surface area contributed by atoms with Gasteiger partial charge in [0.05, 0.1) is 13.2 Å². The van der Waals surface area contributed by atoms with Crippen LogP contribution in [0.15, 0.2) is 0 Å². The van der Waals surface area contributed by atoms with E-state index in [2.05, 4.69) is 32.6 Å². The summed E-state index contributed by atoms with van der Waals surface area (Å²) < 4.78 is 17.6. The molecule has 1 rings (SSSR count). The first-order chi connectivity index (χ1) is 28.0. The Labute approximate surface area is 355 Å². The Balaban J connectivity index is 2.23. The maximum Gasteiger partial charge on any atom is 0.306 e. The van der Waals surface area contributed by atoms with Crippen molar-refractivity contribution in [1.29, 1.82) is 0 Å². The lowest BCUT2D eigenvalue weighted by atomic mass is 9.92. The Morgan fingerprint density at radius 2 is 0.772 bits per heavy atom. The number of unbranched alkanes of at least 4 members (excludes halogenated alkanes) is 18. The van der Waals surface area contributed by atoms with Crippen LogP contribution < -0.4 is 0 Å². The minimum absolute atomic E-state index is 0.0321. The lowest BCUT2D eigenvalue weighted by Crippen LogP contribution is -2.22. The Morgan fingerprint density at radius 1 is 0.421 bits per heavy atom. The SMILES string of the molecule is CCCCCC(CCCCC)CC(=O)OCCCCCCCCC(CCCCCCCCOC(=O)CC(CCCCC)CCCCC)COCCCN1CCCC1. The molecule has 338 valence electrons. The van der Waals surface area contributed by atoms with Crippen molar-refractivity contribution in [3.63, 3.8) is 0 Å². The molecule has 0 aromatic rings. The quantitative estimate of drug-likeness (QED) is 0.0451. The third-order valence-corrected chi connectivity index (χ3v) is 12.6. The topological polar surface area (TPSA) is 65.1 Å². The fourth-order valence-corrected chi connectivity index (χ4v) is 8.83. The zero-order chi connectivity index (χ0) is 41.3. The molecule has 6 nitrogen and oxygen atoms in total. The van der Waals surface area contributed by atoms with Crippen molar-refractivity contribution in [2.24, 2.45) is 17.8 Å². The molecule has 0 atom stereocenters. The van der Waals surface area contributed by atoms with Crippen LogP contribution in [0.4, 0.5) is 0 Å². The van der Waals surface area contributed by atoms with Crippen LogP contribution in [-0.4, -0.2) is 62.9 Å². The van der Waals surface area contributed by atoms with Crippen LogP contribution in [0.3, 0.4) is 0 Å². The van der Waals surface area contributed by atoms with Gasteiger partial charge in [0, 0.05) is 32.6 Å². The van der Waals surface area contributed by atoms with Crippen molar-refractivity contribution < 1.29 is 23.8 Å². The van der Waals surface area contributed by atoms with Gasteiger partial charge in [-0.05, 0) is 101 Å². The highest BCUT2D eigenvalue weighted by molar-refractivity contribution is 5.70. The van der Waals surface area contributed by atoms with Crippen LogP contribution in [-0.2, 0) is 23.8 Å². The summed E-state index contributed by atoms with van der Waals surface area (Å²) in [5.74, 6) is 1.76. The Hall–Kier alpha value is -1.14. The van der Waals surface area contributed by atoms with Gasteiger partial charge >= 0.3 is 11.9 Å². The molecule has 0 aromatic heterocycles. The van der Waals surface area contributed by atoms with Crippen molar-refractivity contribution in [2.75, 3.05) is 46.1 Å². The average molecular weight is 806 g/mol. The molecule has 0 spiro atoms. The van der Waals surface area contributed by atoms with E-state index in [-0.39, 0.29) is 11.9 Å². The summed E-state index contributed by atoms with van der Waals surface area (Å²) in [4.78, 5) is 27.7. The monoisotopic (exact) mass is 806 g/mol. The van der Waals surface area contributed by atoms with Crippen LogP contribution in [0.2, 0.25) is 0 Å². The van der Waals surface area contributed by atoms with E-state index in [0.717, 1.165) is 45.3 Å². The number of carbonyl (C=O) groups excluding carboxylic acids is 2. The first-order valence-corrected chi connectivity index (χ1v) is 25.6. The van der Waals surface area contributed by atoms with E-state index in [9.17, 15) is 9.59 Å². The molecule has 0 radical (unpaired) electrons. The largest absolute Gasteiger partial charge is 0.466 e. The maximum atomic E-state index is 12.5. The van der Waals surface area contributed by atoms with E-state index in [1.165, 1.54) is 199 Å². The summed E-state index contributed by atoms with van der Waals surface area (Å²) in [5, 5.41) is 0. The number of nitrogens with zero attached hydrogens (tertiary/aromatic N) is 1. The molecule has 1 aliphatic rings. The first kappa shape index (κ1) is 53.9. The van der Waals surface area contributed by atoms with Gasteiger partial charge in [-0.25, -0.2) is 0 Å². The van der Waals surface area contributed by atoms with Gasteiger partial charge in [0.15, 0.2) is 0 Å². The molecule has 0 aromatic carbocycles. The molecule has 6 heteroatoms. The van der Waals surface area contributed by atoms with Gasteiger partial charge in [0.2, 0.25) is 0 Å². The summed E-state index contributed by atoms with van der Waals surface area (Å²) in [6, 6.07) is 0. The molecular weight excluding hydrogens is 707 g/mol. The second kappa shape index (κ2) is 41.6. The number of esters is 2. The minimum atomic E-state index is 0.0321. The van der Waals surface area contributed by atoms with Crippen molar-refractivity contribution in [2.45, 2.75) is 252 Å². The van der Waals surface area contributed by atoms with Crippen molar-refractivity contribution >= 4 is 11.9 Å².